The maximum absolute atomic E-state index is 12.1. The summed E-state index contributed by atoms with van der Waals surface area (Å²) in [5.41, 5.74) is 0. The maximum Gasteiger partial charge on any atom is 0.267 e. The molecule has 0 aliphatic carbocycles. The molecule has 0 saturated carbocycles. The van der Waals surface area contributed by atoms with E-state index in [0.29, 0.717) is 0 Å². The first-order valence-corrected chi connectivity index (χ1v) is 7.18. The second-order valence-corrected chi connectivity index (χ2v) is 6.11. The maximum atomic E-state index is 12.1. The molecule has 0 aliphatic heterocycles. The van der Waals surface area contributed by atoms with E-state index in [1.165, 1.54) is 24.5 Å². The number of aromatic nitrogens is 2. The molecule has 0 aliphatic rings. The molecule has 9 heteroatoms. The third-order valence-electron chi connectivity index (χ3n) is 1.96. The number of imidazole rings is 1. The third-order valence-corrected chi connectivity index (χ3v) is 4.44. The Morgan fingerprint density at radius 3 is 2.28 bits per heavy atom. The van der Waals surface area contributed by atoms with Gasteiger partial charge in [0, 0.05) is 17.4 Å². The summed E-state index contributed by atoms with van der Waals surface area (Å²) < 4.78 is 26.3. The van der Waals surface area contributed by atoms with Gasteiger partial charge in [-0.15, -0.1) is 0 Å². The lowest BCUT2D eigenvalue weighted by atomic mass is 10.4. The summed E-state index contributed by atoms with van der Waals surface area (Å²) in [7, 11) is -3.93. The van der Waals surface area contributed by atoms with Crippen molar-refractivity contribution < 1.29 is 8.42 Å². The van der Waals surface area contributed by atoms with Gasteiger partial charge in [0.25, 0.3) is 10.0 Å². The summed E-state index contributed by atoms with van der Waals surface area (Å²) in [6.07, 6.45) is 2.88. The first kappa shape index (κ1) is 13.5. The molecule has 0 bridgehead atoms. The monoisotopic (exact) mass is 325 g/mol. The van der Waals surface area contributed by atoms with Gasteiger partial charge in [-0.25, -0.2) is 18.1 Å². The van der Waals surface area contributed by atoms with Crippen molar-refractivity contribution in [1.29, 1.82) is 0 Å². The van der Waals surface area contributed by atoms with E-state index in [2.05, 4.69) is 14.7 Å². The van der Waals surface area contributed by atoms with Crippen molar-refractivity contribution in [2.45, 2.75) is 4.90 Å². The number of halogens is 3. The molecule has 0 unspecified atom stereocenters. The molecule has 1 aromatic carbocycles. The number of hydrogen-bond acceptors (Lipinski definition) is 3. The molecule has 0 atom stereocenters. The Kier molecular flexibility index (Phi) is 3.72. The summed E-state index contributed by atoms with van der Waals surface area (Å²) in [6, 6.07) is 2.59. The fourth-order valence-corrected chi connectivity index (χ4v) is 3.81. The Hall–Kier alpha value is -0.950. The first-order chi connectivity index (χ1) is 8.40. The van der Waals surface area contributed by atoms with E-state index >= 15 is 0 Å². The zero-order valence-electron chi connectivity index (χ0n) is 8.62. The molecule has 1 aromatic heterocycles. The molecule has 1 heterocycles. The van der Waals surface area contributed by atoms with E-state index in [1.807, 2.05) is 0 Å². The largest absolute Gasteiger partial charge is 0.330 e. The molecule has 0 saturated heterocycles. The number of anilines is 1. The lowest BCUT2D eigenvalue weighted by molar-refractivity contribution is 0.601. The van der Waals surface area contributed by atoms with Crippen LogP contribution in [0.4, 0.5) is 5.95 Å². The summed E-state index contributed by atoms with van der Waals surface area (Å²) in [5.74, 6) is 0.0667. The van der Waals surface area contributed by atoms with E-state index in [4.69, 9.17) is 34.8 Å². The van der Waals surface area contributed by atoms with Gasteiger partial charge in [-0.3, -0.25) is 0 Å². The molecule has 96 valence electrons. The van der Waals surface area contributed by atoms with Crippen LogP contribution in [-0.2, 0) is 10.0 Å². The molecular formula is C9H6Cl3N3O2S. The highest BCUT2D eigenvalue weighted by molar-refractivity contribution is 7.93. The van der Waals surface area contributed by atoms with Crippen LogP contribution in [0, 0.1) is 0 Å². The van der Waals surface area contributed by atoms with Crippen molar-refractivity contribution in [2.75, 3.05) is 4.72 Å². The Morgan fingerprint density at radius 2 is 1.78 bits per heavy atom. The molecule has 18 heavy (non-hydrogen) atoms. The number of benzene rings is 1. The standard InChI is InChI=1S/C9H6Cl3N3O2S/c10-5-3-6(11)8(7(12)4-5)18(16,17)15-9-13-1-2-14-9/h1-4H,(H2,13,14,15). The minimum absolute atomic E-state index is 0.0634. The lowest BCUT2D eigenvalue weighted by Gasteiger charge is -2.09. The molecule has 0 fully saturated rings. The zero-order chi connectivity index (χ0) is 13.3. The predicted octanol–water partition coefficient (Wildman–Crippen LogP) is 3.17. The van der Waals surface area contributed by atoms with E-state index in [1.54, 1.807) is 0 Å². The summed E-state index contributed by atoms with van der Waals surface area (Å²) >= 11 is 17.4. The smallest absolute Gasteiger partial charge is 0.267 e. The number of hydrogen-bond donors (Lipinski definition) is 2. The molecule has 0 radical (unpaired) electrons. The lowest BCUT2D eigenvalue weighted by Crippen LogP contribution is -2.15. The van der Waals surface area contributed by atoms with Gasteiger partial charge in [-0.05, 0) is 12.1 Å². The van der Waals surface area contributed by atoms with Gasteiger partial charge in [0.2, 0.25) is 5.95 Å². The molecular weight excluding hydrogens is 321 g/mol. The van der Waals surface area contributed by atoms with E-state index in [9.17, 15) is 8.42 Å². The van der Waals surface area contributed by atoms with Crippen LogP contribution in [0.3, 0.4) is 0 Å². The first-order valence-electron chi connectivity index (χ1n) is 4.57. The van der Waals surface area contributed by atoms with Gasteiger partial charge in [-0.2, -0.15) is 0 Å². The van der Waals surface area contributed by atoms with Crippen LogP contribution >= 0.6 is 34.8 Å². The second-order valence-electron chi connectivity index (χ2n) is 3.24. The second kappa shape index (κ2) is 4.97. The fraction of sp³-hybridized carbons (Fsp3) is 0. The third kappa shape index (κ3) is 2.72. The molecule has 2 N–H and O–H groups in total. The van der Waals surface area contributed by atoms with Gasteiger partial charge in [0.05, 0.1) is 10.0 Å². The summed E-state index contributed by atoms with van der Waals surface area (Å²) in [6.45, 7) is 0. The zero-order valence-corrected chi connectivity index (χ0v) is 11.7. The van der Waals surface area contributed by atoms with Crippen molar-refractivity contribution in [2.24, 2.45) is 0 Å². The molecule has 0 amide bonds. The van der Waals surface area contributed by atoms with Crippen molar-refractivity contribution >= 4 is 50.8 Å². The summed E-state index contributed by atoms with van der Waals surface area (Å²) in [5, 5.41) is 0.125. The Bertz CT molecular complexity index is 647. The van der Waals surface area contributed by atoms with E-state index in [0.717, 1.165) is 0 Å². The Balaban J connectivity index is 2.48. The number of rotatable bonds is 3. The van der Waals surface area contributed by atoms with Crippen molar-refractivity contribution in [1.82, 2.24) is 9.97 Å². The van der Waals surface area contributed by atoms with Gasteiger partial charge < -0.3 is 4.98 Å². The van der Waals surface area contributed by atoms with E-state index < -0.39 is 10.0 Å². The Labute approximate surface area is 118 Å². The van der Waals surface area contributed by atoms with Crippen LogP contribution in [0.2, 0.25) is 15.1 Å². The average molecular weight is 327 g/mol. The van der Waals surface area contributed by atoms with E-state index in [-0.39, 0.29) is 25.9 Å². The highest BCUT2D eigenvalue weighted by Gasteiger charge is 2.23. The van der Waals surface area contributed by atoms with Crippen LogP contribution in [0.25, 0.3) is 0 Å². The number of H-pyrrole nitrogens is 1. The summed E-state index contributed by atoms with van der Waals surface area (Å²) in [4.78, 5) is 6.10. The highest BCUT2D eigenvalue weighted by Crippen LogP contribution is 2.33. The average Bonchev–Trinajstić information content (AvgIpc) is 2.66. The topological polar surface area (TPSA) is 74.8 Å². The minimum Gasteiger partial charge on any atom is -0.330 e. The van der Waals surface area contributed by atoms with Crippen LogP contribution in [0.1, 0.15) is 0 Å². The van der Waals surface area contributed by atoms with Crippen LogP contribution < -0.4 is 4.72 Å². The SMILES string of the molecule is O=S(=O)(Nc1ncc[nH]1)c1c(Cl)cc(Cl)cc1Cl. The van der Waals surface area contributed by atoms with Crippen molar-refractivity contribution in [3.8, 4) is 0 Å². The van der Waals surface area contributed by atoms with Crippen molar-refractivity contribution in [3.63, 3.8) is 0 Å². The fourth-order valence-electron chi connectivity index (χ4n) is 1.29. The highest BCUT2D eigenvalue weighted by atomic mass is 35.5. The van der Waals surface area contributed by atoms with Crippen LogP contribution in [0.5, 0.6) is 0 Å². The van der Waals surface area contributed by atoms with Crippen molar-refractivity contribution in [3.05, 3.63) is 39.6 Å². The minimum atomic E-state index is -3.93. The van der Waals surface area contributed by atoms with Gasteiger partial charge in [0.1, 0.15) is 4.90 Å². The molecule has 2 aromatic rings. The predicted molar refractivity (Wildman–Crippen MR) is 70.9 cm³/mol. The van der Waals surface area contributed by atoms with Gasteiger partial charge >= 0.3 is 0 Å². The number of nitrogens with one attached hydrogen (secondary N) is 2. The molecule has 0 spiro atoms. The molecule has 2 rings (SSSR count). The van der Waals surface area contributed by atoms with Crippen LogP contribution in [-0.4, -0.2) is 18.4 Å². The van der Waals surface area contributed by atoms with Gasteiger partial charge in [-0.1, -0.05) is 34.8 Å². The van der Waals surface area contributed by atoms with Gasteiger partial charge in [0.15, 0.2) is 0 Å². The molecule has 5 nitrogen and oxygen atoms in total. The number of sulfonamides is 1. The number of nitrogens with zero attached hydrogens (tertiary/aromatic N) is 1. The Morgan fingerprint density at radius 1 is 1.17 bits per heavy atom. The van der Waals surface area contributed by atoms with Crippen LogP contribution in [0.15, 0.2) is 29.4 Å². The normalized spacial score (nSPS) is 11.5. The quantitative estimate of drug-likeness (QED) is 0.909. The number of aromatic amines is 1.